The van der Waals surface area contributed by atoms with Crippen molar-refractivity contribution in [3.63, 3.8) is 0 Å². The zero-order valence-electron chi connectivity index (χ0n) is 13.6. The number of nitrogens with one attached hydrogen (secondary N) is 1. The molecule has 2 aliphatic rings. The molecule has 0 aromatic carbocycles. The van der Waals surface area contributed by atoms with E-state index >= 15 is 0 Å². The van der Waals surface area contributed by atoms with E-state index in [-0.39, 0.29) is 6.54 Å². The molecule has 2 N–H and O–H groups in total. The molecule has 1 fully saturated rings. The highest BCUT2D eigenvalue weighted by Crippen LogP contribution is 2.57. The summed E-state index contributed by atoms with van der Waals surface area (Å²) in [5.41, 5.74) is 1.45. The summed E-state index contributed by atoms with van der Waals surface area (Å²) in [6, 6.07) is 3.46. The van der Waals surface area contributed by atoms with Gasteiger partial charge in [0.15, 0.2) is 5.82 Å². The fourth-order valence-electron chi connectivity index (χ4n) is 3.55. The van der Waals surface area contributed by atoms with Crippen LogP contribution in [0.2, 0.25) is 5.02 Å². The Bertz CT molecular complexity index is 785. The summed E-state index contributed by atoms with van der Waals surface area (Å²) < 4.78 is 28.1. The van der Waals surface area contributed by atoms with Crippen LogP contribution >= 0.6 is 11.6 Å². The van der Waals surface area contributed by atoms with E-state index in [4.69, 9.17) is 11.6 Å². The van der Waals surface area contributed by atoms with Crippen molar-refractivity contribution >= 4 is 11.6 Å². The summed E-state index contributed by atoms with van der Waals surface area (Å²) in [4.78, 5) is 4.35. The van der Waals surface area contributed by atoms with Crippen molar-refractivity contribution in [1.29, 1.82) is 0 Å². The SMILES string of the molecule is OCC(CF)(CF)NCc1nn(-c2cc(Cl)ccn2)c2c1CC1CC21. The molecule has 0 radical (unpaired) electrons. The van der Waals surface area contributed by atoms with E-state index in [2.05, 4.69) is 15.4 Å². The van der Waals surface area contributed by atoms with Crippen molar-refractivity contribution in [2.45, 2.75) is 30.8 Å². The fourth-order valence-corrected chi connectivity index (χ4v) is 3.71. The fraction of sp³-hybridized carbons (Fsp3) is 0.529. The number of pyridine rings is 1. The summed E-state index contributed by atoms with van der Waals surface area (Å²) in [6.07, 6.45) is 3.70. The molecule has 0 aliphatic heterocycles. The highest BCUT2D eigenvalue weighted by molar-refractivity contribution is 6.30. The van der Waals surface area contributed by atoms with Crippen LogP contribution in [0.25, 0.3) is 5.82 Å². The molecule has 2 atom stereocenters. The number of aliphatic hydroxyl groups excluding tert-OH is 1. The lowest BCUT2D eigenvalue weighted by molar-refractivity contribution is 0.103. The average Bonchev–Trinajstić information content (AvgIpc) is 3.15. The Morgan fingerprint density at radius 3 is 2.88 bits per heavy atom. The van der Waals surface area contributed by atoms with E-state index < -0.39 is 25.5 Å². The molecule has 0 bridgehead atoms. The Labute approximate surface area is 149 Å². The van der Waals surface area contributed by atoms with Crippen molar-refractivity contribution in [2.75, 3.05) is 20.0 Å². The van der Waals surface area contributed by atoms with Gasteiger partial charge in [-0.1, -0.05) is 11.6 Å². The van der Waals surface area contributed by atoms with Crippen LogP contribution in [-0.4, -0.2) is 45.4 Å². The molecular weight excluding hydrogens is 350 g/mol. The van der Waals surface area contributed by atoms with Crippen LogP contribution in [0, 0.1) is 5.92 Å². The van der Waals surface area contributed by atoms with Gasteiger partial charge in [0, 0.05) is 29.7 Å². The van der Waals surface area contributed by atoms with Gasteiger partial charge < -0.3 is 5.11 Å². The zero-order chi connectivity index (χ0) is 17.6. The van der Waals surface area contributed by atoms with E-state index in [0.717, 1.165) is 29.8 Å². The molecule has 2 unspecified atom stereocenters. The highest BCUT2D eigenvalue weighted by Gasteiger charge is 2.49. The number of alkyl halides is 2. The molecule has 0 spiro atoms. The van der Waals surface area contributed by atoms with Gasteiger partial charge in [0.25, 0.3) is 0 Å². The molecule has 4 rings (SSSR count). The smallest absolute Gasteiger partial charge is 0.155 e. The Kier molecular flexibility index (Phi) is 4.25. The maximum absolute atomic E-state index is 13.2. The van der Waals surface area contributed by atoms with Gasteiger partial charge in [-0.3, -0.25) is 5.32 Å². The van der Waals surface area contributed by atoms with E-state index in [1.54, 1.807) is 23.0 Å². The average molecular weight is 369 g/mol. The molecule has 2 aromatic rings. The van der Waals surface area contributed by atoms with Gasteiger partial charge in [-0.25, -0.2) is 18.4 Å². The first-order valence-electron chi connectivity index (χ1n) is 8.31. The Balaban J connectivity index is 1.66. The summed E-state index contributed by atoms with van der Waals surface area (Å²) in [7, 11) is 0. The molecular formula is C17H19ClF2N4O. The van der Waals surface area contributed by atoms with E-state index in [1.165, 1.54) is 0 Å². The number of halogens is 3. The summed E-state index contributed by atoms with van der Waals surface area (Å²) in [5.74, 6) is 1.75. The zero-order valence-corrected chi connectivity index (χ0v) is 14.3. The van der Waals surface area contributed by atoms with Crippen LogP contribution in [-0.2, 0) is 13.0 Å². The summed E-state index contributed by atoms with van der Waals surface area (Å²) in [6.45, 7) is -2.37. The third kappa shape index (κ3) is 2.84. The van der Waals surface area contributed by atoms with Crippen LogP contribution in [0.1, 0.15) is 29.3 Å². The number of nitrogens with zero attached hydrogens (tertiary/aromatic N) is 3. The first-order valence-corrected chi connectivity index (χ1v) is 8.69. The lowest BCUT2D eigenvalue weighted by Crippen LogP contribution is -2.52. The number of hydrogen-bond acceptors (Lipinski definition) is 4. The molecule has 0 amide bonds. The van der Waals surface area contributed by atoms with Crippen molar-refractivity contribution < 1.29 is 13.9 Å². The number of fused-ring (bicyclic) bond motifs is 3. The molecule has 1 saturated carbocycles. The second kappa shape index (κ2) is 6.30. The molecule has 2 heterocycles. The van der Waals surface area contributed by atoms with Crippen LogP contribution in [0.15, 0.2) is 18.3 Å². The van der Waals surface area contributed by atoms with Crippen LogP contribution in [0.3, 0.4) is 0 Å². The summed E-state index contributed by atoms with van der Waals surface area (Å²) in [5, 5.41) is 17.3. The number of rotatable bonds is 7. The molecule has 25 heavy (non-hydrogen) atoms. The van der Waals surface area contributed by atoms with Crippen LogP contribution in [0.4, 0.5) is 8.78 Å². The predicted molar refractivity (Wildman–Crippen MR) is 89.5 cm³/mol. The van der Waals surface area contributed by atoms with Gasteiger partial charge in [0.05, 0.1) is 23.5 Å². The number of hydrogen-bond donors (Lipinski definition) is 2. The highest BCUT2D eigenvalue weighted by atomic mass is 35.5. The van der Waals surface area contributed by atoms with Gasteiger partial charge in [0.1, 0.15) is 13.3 Å². The molecule has 134 valence electrons. The quantitative estimate of drug-likeness (QED) is 0.787. The standard InChI is InChI=1S/C17H19ClF2N4O/c18-11-1-2-21-15(5-11)24-16-12-3-10(12)4-13(16)14(23-24)6-22-17(7-19,8-20)9-25/h1-2,5,10,12,22,25H,3-4,6-9H2. The minimum atomic E-state index is -1.56. The predicted octanol–water partition coefficient (Wildman–Crippen LogP) is 2.34. The van der Waals surface area contributed by atoms with E-state index in [0.29, 0.717) is 22.7 Å². The molecule has 5 nitrogen and oxygen atoms in total. The Morgan fingerprint density at radius 2 is 2.20 bits per heavy atom. The second-order valence-electron chi connectivity index (χ2n) is 6.92. The molecule has 0 saturated heterocycles. The maximum atomic E-state index is 13.2. The van der Waals surface area contributed by atoms with Crippen molar-refractivity contribution in [3.8, 4) is 5.82 Å². The van der Waals surface area contributed by atoms with Gasteiger partial charge in [-0.05, 0) is 30.4 Å². The topological polar surface area (TPSA) is 63.0 Å². The molecule has 2 aromatic heterocycles. The second-order valence-corrected chi connectivity index (χ2v) is 7.36. The number of aromatic nitrogens is 3. The monoisotopic (exact) mass is 368 g/mol. The van der Waals surface area contributed by atoms with Gasteiger partial charge in [-0.15, -0.1) is 0 Å². The Hall–Kier alpha value is -1.57. The lowest BCUT2D eigenvalue weighted by Gasteiger charge is -2.26. The minimum Gasteiger partial charge on any atom is -0.394 e. The van der Waals surface area contributed by atoms with Crippen molar-refractivity contribution in [1.82, 2.24) is 20.1 Å². The third-order valence-electron chi connectivity index (χ3n) is 5.22. The maximum Gasteiger partial charge on any atom is 0.155 e. The van der Waals surface area contributed by atoms with Crippen molar-refractivity contribution in [2.24, 2.45) is 5.92 Å². The van der Waals surface area contributed by atoms with Crippen LogP contribution in [0.5, 0.6) is 0 Å². The van der Waals surface area contributed by atoms with E-state index in [9.17, 15) is 13.9 Å². The summed E-state index contributed by atoms with van der Waals surface area (Å²) >= 11 is 6.07. The number of aliphatic hydroxyl groups is 1. The van der Waals surface area contributed by atoms with Gasteiger partial charge in [0.2, 0.25) is 0 Å². The van der Waals surface area contributed by atoms with Gasteiger partial charge >= 0.3 is 0 Å². The largest absolute Gasteiger partial charge is 0.394 e. The Morgan fingerprint density at radius 1 is 1.40 bits per heavy atom. The minimum absolute atomic E-state index is 0.198. The van der Waals surface area contributed by atoms with E-state index in [1.807, 2.05) is 0 Å². The first kappa shape index (κ1) is 16.9. The van der Waals surface area contributed by atoms with Crippen LogP contribution < -0.4 is 5.32 Å². The normalized spacial score (nSPS) is 21.3. The molecule has 2 aliphatic carbocycles. The van der Waals surface area contributed by atoms with Gasteiger partial charge in [-0.2, -0.15) is 5.10 Å². The molecule has 8 heteroatoms. The first-order chi connectivity index (χ1) is 12.1. The van der Waals surface area contributed by atoms with Crippen molar-refractivity contribution in [3.05, 3.63) is 40.3 Å². The third-order valence-corrected chi connectivity index (χ3v) is 5.45. The lowest BCUT2D eigenvalue weighted by atomic mass is 10.0.